The zero-order chi connectivity index (χ0) is 10.9. The number of rotatable bonds is 1. The van der Waals surface area contributed by atoms with Gasteiger partial charge in [-0.05, 0) is 22.0 Å². The third-order valence-electron chi connectivity index (χ3n) is 1.24. The van der Waals surface area contributed by atoms with E-state index < -0.39 is 17.9 Å². The third kappa shape index (κ3) is 2.76. The first-order chi connectivity index (χ1) is 6.29. The highest BCUT2D eigenvalue weighted by molar-refractivity contribution is 9.10. The summed E-state index contributed by atoms with van der Waals surface area (Å²) in [5, 5.41) is 0. The van der Waals surface area contributed by atoms with Crippen LogP contribution in [0.4, 0.5) is 23.2 Å². The molecule has 1 rings (SSSR count). The van der Waals surface area contributed by atoms with Crippen LogP contribution in [0.1, 0.15) is 0 Å². The van der Waals surface area contributed by atoms with Gasteiger partial charge in [-0.15, -0.1) is 13.2 Å². The molecule has 0 aliphatic rings. The van der Waals surface area contributed by atoms with Gasteiger partial charge in [0.25, 0.3) is 0 Å². The molecule has 0 spiro atoms. The molecule has 0 bridgehead atoms. The Kier molecular flexibility index (Phi) is 2.89. The lowest BCUT2D eigenvalue weighted by molar-refractivity contribution is -0.275. The predicted molar refractivity (Wildman–Crippen MR) is 45.2 cm³/mol. The molecule has 0 saturated carbocycles. The maximum absolute atomic E-state index is 13.0. The lowest BCUT2D eigenvalue weighted by Gasteiger charge is -2.10. The van der Waals surface area contributed by atoms with Crippen LogP contribution in [0.3, 0.4) is 0 Å². The molecule has 0 saturated heterocycles. The van der Waals surface area contributed by atoms with Gasteiger partial charge < -0.3 is 10.5 Å². The fraction of sp³-hybridized carbons (Fsp3) is 0.143. The Balaban J connectivity index is 3.09. The van der Waals surface area contributed by atoms with Gasteiger partial charge in [-0.1, -0.05) is 0 Å². The molecule has 78 valence electrons. The minimum absolute atomic E-state index is 0.0301. The molecule has 0 radical (unpaired) electrons. The van der Waals surface area contributed by atoms with Crippen LogP contribution in [0.2, 0.25) is 0 Å². The average Bonchev–Trinajstić information content (AvgIpc) is 1.96. The molecule has 0 atom stereocenters. The van der Waals surface area contributed by atoms with E-state index in [2.05, 4.69) is 20.7 Å². The number of halogens is 5. The number of alkyl halides is 3. The van der Waals surface area contributed by atoms with Gasteiger partial charge >= 0.3 is 6.36 Å². The van der Waals surface area contributed by atoms with Crippen molar-refractivity contribution in [2.24, 2.45) is 0 Å². The van der Waals surface area contributed by atoms with E-state index in [1.807, 2.05) is 0 Å². The Morgan fingerprint density at radius 2 is 1.86 bits per heavy atom. The van der Waals surface area contributed by atoms with Crippen molar-refractivity contribution >= 4 is 21.6 Å². The zero-order valence-corrected chi connectivity index (χ0v) is 8.12. The molecular formula is C7H4BrF4NO. The van der Waals surface area contributed by atoms with Crippen molar-refractivity contribution in [2.45, 2.75) is 6.36 Å². The monoisotopic (exact) mass is 273 g/mol. The van der Waals surface area contributed by atoms with E-state index >= 15 is 0 Å². The molecule has 7 heteroatoms. The first-order valence-electron chi connectivity index (χ1n) is 3.30. The SMILES string of the molecule is Nc1cc(Br)c(F)c(OC(F)(F)F)c1. The molecule has 0 aromatic heterocycles. The highest BCUT2D eigenvalue weighted by Crippen LogP contribution is 2.32. The summed E-state index contributed by atoms with van der Waals surface area (Å²) in [5.74, 6) is -2.10. The van der Waals surface area contributed by atoms with Crippen molar-refractivity contribution in [3.63, 3.8) is 0 Å². The van der Waals surface area contributed by atoms with Crippen molar-refractivity contribution in [3.05, 3.63) is 22.4 Å². The summed E-state index contributed by atoms with van der Waals surface area (Å²) in [4.78, 5) is 0. The highest BCUT2D eigenvalue weighted by Gasteiger charge is 2.32. The van der Waals surface area contributed by atoms with E-state index in [4.69, 9.17) is 5.73 Å². The minimum atomic E-state index is -4.94. The molecule has 0 heterocycles. The van der Waals surface area contributed by atoms with E-state index in [-0.39, 0.29) is 10.2 Å². The Hall–Kier alpha value is -0.980. The first-order valence-corrected chi connectivity index (χ1v) is 4.09. The zero-order valence-electron chi connectivity index (χ0n) is 6.53. The number of ether oxygens (including phenoxy) is 1. The summed E-state index contributed by atoms with van der Waals surface area (Å²) in [5.41, 5.74) is 5.17. The van der Waals surface area contributed by atoms with E-state index in [0.717, 1.165) is 12.1 Å². The molecule has 0 fully saturated rings. The number of benzene rings is 1. The normalized spacial score (nSPS) is 11.5. The van der Waals surface area contributed by atoms with Crippen molar-refractivity contribution in [1.29, 1.82) is 0 Å². The van der Waals surface area contributed by atoms with Gasteiger partial charge in [-0.3, -0.25) is 0 Å². The lowest BCUT2D eigenvalue weighted by atomic mass is 10.3. The van der Waals surface area contributed by atoms with Crippen LogP contribution in [0.25, 0.3) is 0 Å². The van der Waals surface area contributed by atoms with Crippen LogP contribution in [0.5, 0.6) is 5.75 Å². The fourth-order valence-corrected chi connectivity index (χ4v) is 1.24. The van der Waals surface area contributed by atoms with Crippen LogP contribution >= 0.6 is 15.9 Å². The largest absolute Gasteiger partial charge is 0.573 e. The molecule has 2 N–H and O–H groups in total. The molecule has 14 heavy (non-hydrogen) atoms. The van der Waals surface area contributed by atoms with E-state index in [1.54, 1.807) is 0 Å². The summed E-state index contributed by atoms with van der Waals surface area (Å²) in [6.45, 7) is 0. The summed E-state index contributed by atoms with van der Waals surface area (Å²) in [7, 11) is 0. The second kappa shape index (κ2) is 3.64. The van der Waals surface area contributed by atoms with Gasteiger partial charge in [-0.2, -0.15) is 0 Å². The number of nitrogen functional groups attached to an aromatic ring is 1. The summed E-state index contributed by atoms with van der Waals surface area (Å²) >= 11 is 2.70. The van der Waals surface area contributed by atoms with Crippen molar-refractivity contribution in [1.82, 2.24) is 0 Å². The first kappa shape index (κ1) is 11.1. The van der Waals surface area contributed by atoms with Crippen LogP contribution in [-0.2, 0) is 0 Å². The molecule has 0 amide bonds. The van der Waals surface area contributed by atoms with Crippen molar-refractivity contribution < 1.29 is 22.3 Å². The van der Waals surface area contributed by atoms with Gasteiger partial charge in [0, 0.05) is 11.8 Å². The number of nitrogens with two attached hydrogens (primary N) is 1. The minimum Gasteiger partial charge on any atom is -0.403 e. The van der Waals surface area contributed by atoms with Crippen LogP contribution in [0, 0.1) is 5.82 Å². The summed E-state index contributed by atoms with van der Waals surface area (Å²) < 4.78 is 51.4. The molecule has 0 unspecified atom stereocenters. The molecule has 0 aliphatic heterocycles. The highest BCUT2D eigenvalue weighted by atomic mass is 79.9. The average molecular weight is 274 g/mol. The van der Waals surface area contributed by atoms with Gasteiger partial charge in [0.15, 0.2) is 11.6 Å². The standard InChI is InChI=1S/C7H4BrF4NO/c8-4-1-3(13)2-5(6(4)9)14-7(10,11)12/h1-2H,13H2. The van der Waals surface area contributed by atoms with Crippen molar-refractivity contribution in [3.8, 4) is 5.75 Å². The maximum Gasteiger partial charge on any atom is 0.573 e. The summed E-state index contributed by atoms with van der Waals surface area (Å²) in [6, 6.07) is 1.89. The molecule has 1 aromatic rings. The smallest absolute Gasteiger partial charge is 0.403 e. The molecule has 0 aliphatic carbocycles. The molecular weight excluding hydrogens is 270 g/mol. The lowest BCUT2D eigenvalue weighted by Crippen LogP contribution is -2.18. The van der Waals surface area contributed by atoms with E-state index in [0.29, 0.717) is 0 Å². The topological polar surface area (TPSA) is 35.2 Å². The van der Waals surface area contributed by atoms with E-state index in [1.165, 1.54) is 0 Å². The van der Waals surface area contributed by atoms with Gasteiger partial charge in [0.05, 0.1) is 4.47 Å². The van der Waals surface area contributed by atoms with Gasteiger partial charge in [0.1, 0.15) is 0 Å². The number of anilines is 1. The Bertz CT molecular complexity index is 352. The van der Waals surface area contributed by atoms with Gasteiger partial charge in [-0.25, -0.2) is 4.39 Å². The van der Waals surface area contributed by atoms with Crippen LogP contribution in [0.15, 0.2) is 16.6 Å². The van der Waals surface area contributed by atoms with E-state index in [9.17, 15) is 17.6 Å². The Morgan fingerprint density at radius 3 is 2.36 bits per heavy atom. The predicted octanol–water partition coefficient (Wildman–Crippen LogP) is 3.07. The summed E-state index contributed by atoms with van der Waals surface area (Å²) in [6.07, 6.45) is -4.94. The Labute approximate surface area is 84.8 Å². The van der Waals surface area contributed by atoms with Gasteiger partial charge in [0.2, 0.25) is 0 Å². The maximum atomic E-state index is 13.0. The Morgan fingerprint density at radius 1 is 1.29 bits per heavy atom. The fourth-order valence-electron chi connectivity index (χ4n) is 0.783. The van der Waals surface area contributed by atoms with Crippen molar-refractivity contribution in [2.75, 3.05) is 5.73 Å². The third-order valence-corrected chi connectivity index (χ3v) is 1.82. The second-order valence-electron chi connectivity index (χ2n) is 2.36. The van der Waals surface area contributed by atoms with Crippen LogP contribution < -0.4 is 10.5 Å². The number of hydrogen-bond donors (Lipinski definition) is 1. The van der Waals surface area contributed by atoms with Crippen LogP contribution in [-0.4, -0.2) is 6.36 Å². The number of hydrogen-bond acceptors (Lipinski definition) is 2. The quantitative estimate of drug-likeness (QED) is 0.631. The molecule has 1 aromatic carbocycles. The molecule has 2 nitrogen and oxygen atoms in total. The second-order valence-corrected chi connectivity index (χ2v) is 3.22.